The maximum absolute atomic E-state index is 12.4. The largest absolute Gasteiger partial charge is 0.391 e. The van der Waals surface area contributed by atoms with Crippen molar-refractivity contribution < 1.29 is 18.3 Å². The minimum atomic E-state index is -3.50. The fraction of sp³-hybridized carbons (Fsp3) is 0.667. The number of sulfonamides is 1. The molecular weight excluding hydrogens is 286 g/mol. The minimum absolute atomic E-state index is 0.0833. The molecule has 19 heavy (non-hydrogen) atoms. The molecule has 0 radical (unpaired) electrons. The molecule has 0 saturated carbocycles. The van der Waals surface area contributed by atoms with Crippen LogP contribution in [0.2, 0.25) is 0 Å². The molecule has 1 aromatic rings. The maximum Gasteiger partial charge on any atom is 0.244 e. The topological polar surface area (TPSA) is 66.8 Å². The van der Waals surface area contributed by atoms with Crippen molar-refractivity contribution >= 4 is 21.4 Å². The number of likely N-dealkylation sites (N-methyl/N-ethyl adjacent to an activating group) is 1. The van der Waals surface area contributed by atoms with Crippen LogP contribution in [-0.4, -0.2) is 44.1 Å². The maximum atomic E-state index is 12.4. The Bertz CT molecular complexity index is 508. The summed E-state index contributed by atoms with van der Waals surface area (Å²) < 4.78 is 31.3. The van der Waals surface area contributed by atoms with E-state index in [1.165, 1.54) is 28.8 Å². The third-order valence-corrected chi connectivity index (χ3v) is 5.77. The number of aliphatic hydroxyl groups excluding tert-OH is 1. The number of aliphatic hydroxyl groups is 1. The molecule has 0 unspecified atom stereocenters. The molecule has 1 N–H and O–H groups in total. The van der Waals surface area contributed by atoms with Gasteiger partial charge in [0, 0.05) is 23.3 Å². The van der Waals surface area contributed by atoms with Gasteiger partial charge in [-0.3, -0.25) is 0 Å². The second-order valence-corrected chi connectivity index (χ2v) is 7.89. The summed E-state index contributed by atoms with van der Waals surface area (Å²) in [5.74, 6) is 0. The van der Waals surface area contributed by atoms with Gasteiger partial charge in [0.05, 0.1) is 24.2 Å². The summed E-state index contributed by atoms with van der Waals surface area (Å²) in [7, 11) is -1.97. The van der Waals surface area contributed by atoms with E-state index in [4.69, 9.17) is 9.84 Å². The third kappa shape index (κ3) is 4.25. The van der Waals surface area contributed by atoms with Gasteiger partial charge in [-0.05, 0) is 26.8 Å². The summed E-state index contributed by atoms with van der Waals surface area (Å²) in [5.41, 5.74) is 0. The van der Waals surface area contributed by atoms with Gasteiger partial charge in [-0.1, -0.05) is 0 Å². The van der Waals surface area contributed by atoms with Gasteiger partial charge >= 0.3 is 0 Å². The second kappa shape index (κ2) is 6.81. The van der Waals surface area contributed by atoms with Crippen molar-refractivity contribution in [3.63, 3.8) is 0 Å². The van der Waals surface area contributed by atoms with Crippen LogP contribution >= 0.6 is 11.3 Å². The van der Waals surface area contributed by atoms with Gasteiger partial charge < -0.3 is 9.84 Å². The van der Waals surface area contributed by atoms with Crippen molar-refractivity contribution in [2.24, 2.45) is 0 Å². The SMILES string of the molecule is Cc1sc(CO)cc1S(=O)(=O)N(C)CCOC(C)C. The Morgan fingerprint density at radius 3 is 2.58 bits per heavy atom. The third-order valence-electron chi connectivity index (χ3n) is 2.62. The fourth-order valence-electron chi connectivity index (χ4n) is 1.56. The van der Waals surface area contributed by atoms with E-state index in [9.17, 15) is 8.42 Å². The Morgan fingerprint density at radius 2 is 2.11 bits per heavy atom. The summed E-state index contributed by atoms with van der Waals surface area (Å²) >= 11 is 1.30. The first-order chi connectivity index (χ1) is 8.78. The monoisotopic (exact) mass is 307 g/mol. The van der Waals surface area contributed by atoms with Crippen LogP contribution in [0.3, 0.4) is 0 Å². The van der Waals surface area contributed by atoms with E-state index in [1.54, 1.807) is 6.92 Å². The second-order valence-electron chi connectivity index (χ2n) is 4.54. The molecule has 0 bridgehead atoms. The number of thiophene rings is 1. The smallest absolute Gasteiger partial charge is 0.244 e. The number of aryl methyl sites for hydroxylation is 1. The highest BCUT2D eigenvalue weighted by Gasteiger charge is 2.24. The van der Waals surface area contributed by atoms with E-state index in [0.29, 0.717) is 22.9 Å². The van der Waals surface area contributed by atoms with Crippen LogP contribution in [-0.2, 0) is 21.4 Å². The molecule has 1 rings (SSSR count). The van der Waals surface area contributed by atoms with Crippen LogP contribution in [0.5, 0.6) is 0 Å². The normalized spacial score (nSPS) is 12.6. The van der Waals surface area contributed by atoms with E-state index < -0.39 is 10.0 Å². The Kier molecular flexibility index (Phi) is 5.94. The Balaban J connectivity index is 2.81. The van der Waals surface area contributed by atoms with Gasteiger partial charge in [0.15, 0.2) is 0 Å². The molecule has 0 aromatic carbocycles. The van der Waals surface area contributed by atoms with Crippen molar-refractivity contribution in [3.05, 3.63) is 15.8 Å². The summed E-state index contributed by atoms with van der Waals surface area (Å²) in [4.78, 5) is 1.62. The molecule has 1 heterocycles. The van der Waals surface area contributed by atoms with Crippen molar-refractivity contribution in [1.82, 2.24) is 4.31 Å². The minimum Gasteiger partial charge on any atom is -0.391 e. The molecule has 5 nitrogen and oxygen atoms in total. The molecule has 1 aromatic heterocycles. The lowest BCUT2D eigenvalue weighted by Gasteiger charge is -2.17. The van der Waals surface area contributed by atoms with Gasteiger partial charge in [-0.15, -0.1) is 11.3 Å². The van der Waals surface area contributed by atoms with Crippen molar-refractivity contribution in [3.8, 4) is 0 Å². The highest BCUT2D eigenvalue weighted by molar-refractivity contribution is 7.89. The number of rotatable bonds is 7. The number of hydrogen-bond donors (Lipinski definition) is 1. The Morgan fingerprint density at radius 1 is 1.47 bits per heavy atom. The average molecular weight is 307 g/mol. The van der Waals surface area contributed by atoms with Gasteiger partial charge in [0.1, 0.15) is 0 Å². The van der Waals surface area contributed by atoms with Gasteiger partial charge in [0.2, 0.25) is 10.0 Å². The first-order valence-electron chi connectivity index (χ1n) is 6.07. The molecule has 110 valence electrons. The zero-order valence-corrected chi connectivity index (χ0v) is 13.3. The summed E-state index contributed by atoms with van der Waals surface area (Å²) in [6, 6.07) is 1.54. The van der Waals surface area contributed by atoms with E-state index in [2.05, 4.69) is 0 Å². The predicted octanol–water partition coefficient (Wildman–Crippen LogP) is 1.59. The lowest BCUT2D eigenvalue weighted by molar-refractivity contribution is 0.0737. The first kappa shape index (κ1) is 16.6. The van der Waals surface area contributed by atoms with Gasteiger partial charge in [-0.2, -0.15) is 4.31 Å². The molecule has 0 aliphatic heterocycles. The van der Waals surface area contributed by atoms with Crippen molar-refractivity contribution in [2.75, 3.05) is 20.2 Å². The van der Waals surface area contributed by atoms with E-state index in [-0.39, 0.29) is 17.6 Å². The van der Waals surface area contributed by atoms with Crippen LogP contribution in [0.15, 0.2) is 11.0 Å². The number of ether oxygens (including phenoxy) is 1. The van der Waals surface area contributed by atoms with Gasteiger partial charge in [0.25, 0.3) is 0 Å². The molecule has 0 aliphatic rings. The highest BCUT2D eigenvalue weighted by atomic mass is 32.2. The number of nitrogens with zero attached hydrogens (tertiary/aromatic N) is 1. The molecule has 0 fully saturated rings. The van der Waals surface area contributed by atoms with Crippen molar-refractivity contribution in [2.45, 2.75) is 38.4 Å². The zero-order chi connectivity index (χ0) is 14.6. The lowest BCUT2D eigenvalue weighted by Crippen LogP contribution is -2.31. The van der Waals surface area contributed by atoms with E-state index in [0.717, 1.165) is 0 Å². The van der Waals surface area contributed by atoms with Crippen LogP contribution in [0.4, 0.5) is 0 Å². The quantitative estimate of drug-likeness (QED) is 0.831. The standard InChI is InChI=1S/C12H21NO4S2/c1-9(2)17-6-5-13(4)19(15,16)12-7-11(8-14)18-10(12)3/h7,9,14H,5-6,8H2,1-4H3. The lowest BCUT2D eigenvalue weighted by atomic mass is 10.4. The first-order valence-corrected chi connectivity index (χ1v) is 8.32. The molecule has 0 amide bonds. The Hall–Kier alpha value is -0.470. The fourth-order valence-corrected chi connectivity index (χ4v) is 4.18. The predicted molar refractivity (Wildman–Crippen MR) is 75.9 cm³/mol. The van der Waals surface area contributed by atoms with Gasteiger partial charge in [-0.25, -0.2) is 8.42 Å². The molecule has 7 heteroatoms. The Labute approximate surface area is 118 Å². The zero-order valence-electron chi connectivity index (χ0n) is 11.7. The van der Waals surface area contributed by atoms with E-state index >= 15 is 0 Å². The summed E-state index contributed by atoms with van der Waals surface area (Å²) in [5, 5.41) is 9.06. The van der Waals surface area contributed by atoms with Crippen LogP contribution in [0.1, 0.15) is 23.6 Å². The highest BCUT2D eigenvalue weighted by Crippen LogP contribution is 2.27. The molecule has 0 spiro atoms. The van der Waals surface area contributed by atoms with Crippen LogP contribution in [0, 0.1) is 6.92 Å². The summed E-state index contributed by atoms with van der Waals surface area (Å²) in [6.07, 6.45) is 0.0833. The number of hydrogen-bond acceptors (Lipinski definition) is 5. The van der Waals surface area contributed by atoms with Crippen LogP contribution < -0.4 is 0 Å². The summed E-state index contributed by atoms with van der Waals surface area (Å²) in [6.45, 7) is 6.10. The molecular formula is C12H21NO4S2. The molecule has 0 saturated heterocycles. The average Bonchev–Trinajstić information content (AvgIpc) is 2.70. The van der Waals surface area contributed by atoms with Crippen molar-refractivity contribution in [1.29, 1.82) is 0 Å². The van der Waals surface area contributed by atoms with Crippen LogP contribution in [0.25, 0.3) is 0 Å². The molecule has 0 aliphatic carbocycles. The van der Waals surface area contributed by atoms with E-state index in [1.807, 2.05) is 13.8 Å². The molecule has 0 atom stereocenters.